The van der Waals surface area contributed by atoms with Crippen molar-refractivity contribution in [1.29, 1.82) is 0 Å². The number of halogens is 1. The maximum absolute atomic E-state index is 14.4. The first-order valence-corrected chi connectivity index (χ1v) is 12.7. The lowest BCUT2D eigenvalue weighted by Gasteiger charge is -2.11. The van der Waals surface area contributed by atoms with Gasteiger partial charge in [0.25, 0.3) is 5.56 Å². The number of aromatic amines is 1. The van der Waals surface area contributed by atoms with E-state index in [1.807, 2.05) is 26.0 Å². The molecule has 1 aliphatic rings. The van der Waals surface area contributed by atoms with Gasteiger partial charge in [-0.2, -0.15) is 0 Å². The first-order chi connectivity index (χ1) is 18.9. The number of imidazole rings is 1. The lowest BCUT2D eigenvalue weighted by Crippen LogP contribution is -2.41. The van der Waals surface area contributed by atoms with E-state index in [1.54, 1.807) is 18.2 Å². The molecule has 2 aromatic carbocycles. The van der Waals surface area contributed by atoms with Crippen molar-refractivity contribution in [2.75, 3.05) is 12.4 Å². The molecule has 1 aliphatic carbocycles. The number of esters is 1. The third kappa shape index (κ3) is 5.82. The minimum absolute atomic E-state index is 0.125. The maximum Gasteiger partial charge on any atom is 0.333 e. The van der Waals surface area contributed by atoms with Gasteiger partial charge in [-0.15, -0.1) is 0 Å². The number of carbonyl (C=O) groups is 2. The van der Waals surface area contributed by atoms with E-state index in [2.05, 4.69) is 15.3 Å². The number of rotatable bonds is 9. The molecular weight excluding hydrogens is 505 g/mol. The third-order valence-electron chi connectivity index (χ3n) is 6.59. The van der Waals surface area contributed by atoms with Crippen LogP contribution < -0.4 is 16.6 Å². The number of fused-ring (bicyclic) bond motifs is 1. The third-order valence-corrected chi connectivity index (χ3v) is 6.59. The van der Waals surface area contributed by atoms with Gasteiger partial charge in [0, 0.05) is 24.2 Å². The molecule has 1 saturated carbocycles. The number of methoxy groups -OCH3 is 1. The highest BCUT2D eigenvalue weighted by atomic mass is 19.1. The summed E-state index contributed by atoms with van der Waals surface area (Å²) in [6.07, 6.45) is 1.49. The number of carbonyl (C=O) groups excluding carboxylic acids is 2. The van der Waals surface area contributed by atoms with Crippen LogP contribution in [-0.2, 0) is 33.8 Å². The van der Waals surface area contributed by atoms with Gasteiger partial charge < -0.3 is 15.0 Å². The molecule has 11 heteroatoms. The van der Waals surface area contributed by atoms with Crippen LogP contribution >= 0.6 is 0 Å². The fourth-order valence-electron chi connectivity index (χ4n) is 4.50. The van der Waals surface area contributed by atoms with Crippen LogP contribution in [0.25, 0.3) is 11.2 Å². The van der Waals surface area contributed by atoms with E-state index < -0.39 is 17.1 Å². The first-order valence-electron chi connectivity index (χ1n) is 12.7. The average Bonchev–Trinajstić information content (AvgIpc) is 3.60. The number of nitrogens with one attached hydrogen (secondary N) is 2. The summed E-state index contributed by atoms with van der Waals surface area (Å²) in [7, 11) is 1.32. The van der Waals surface area contributed by atoms with Crippen molar-refractivity contribution in [2.24, 2.45) is 11.8 Å². The number of anilines is 1. The minimum Gasteiger partial charge on any atom is -0.469 e. The summed E-state index contributed by atoms with van der Waals surface area (Å²) < 4.78 is 21.5. The Morgan fingerprint density at radius 2 is 1.87 bits per heavy atom. The van der Waals surface area contributed by atoms with Crippen molar-refractivity contribution in [3.63, 3.8) is 0 Å². The Morgan fingerprint density at radius 1 is 1.15 bits per heavy atom. The predicted molar refractivity (Wildman–Crippen MR) is 144 cm³/mol. The quantitative estimate of drug-likeness (QED) is 0.250. The second-order valence-electron chi connectivity index (χ2n) is 9.02. The lowest BCUT2D eigenvalue weighted by atomic mass is 10.1. The molecular formula is C28H30FN5O5. The van der Waals surface area contributed by atoms with E-state index in [-0.39, 0.29) is 47.6 Å². The molecule has 1 fully saturated rings. The number of hydrogen-bond donors (Lipinski definition) is 2. The Bertz CT molecular complexity index is 1610. The normalized spacial score (nSPS) is 15.8. The fourth-order valence-corrected chi connectivity index (χ4v) is 4.50. The van der Waals surface area contributed by atoms with Crippen LogP contribution in [0.1, 0.15) is 37.2 Å². The summed E-state index contributed by atoms with van der Waals surface area (Å²) in [6, 6.07) is 13.1. The fraction of sp³-hybridized carbons (Fsp3) is 0.321. The molecule has 1 amide bonds. The van der Waals surface area contributed by atoms with Crippen molar-refractivity contribution < 1.29 is 18.7 Å². The van der Waals surface area contributed by atoms with Gasteiger partial charge in [0.2, 0.25) is 6.41 Å². The van der Waals surface area contributed by atoms with E-state index >= 15 is 0 Å². The molecule has 0 bridgehead atoms. The summed E-state index contributed by atoms with van der Waals surface area (Å²) in [6.45, 7) is 3.92. The summed E-state index contributed by atoms with van der Waals surface area (Å²) in [5, 5.41) is 2.57. The zero-order valence-electron chi connectivity index (χ0n) is 21.9. The monoisotopic (exact) mass is 535 g/mol. The lowest BCUT2D eigenvalue weighted by molar-refractivity contribution is -0.142. The van der Waals surface area contributed by atoms with Crippen LogP contribution in [0, 0.1) is 17.7 Å². The number of ether oxygens (including phenoxy) is 1. The number of nitrogens with zero attached hydrogens (tertiary/aromatic N) is 3. The Morgan fingerprint density at radius 3 is 2.54 bits per heavy atom. The van der Waals surface area contributed by atoms with Gasteiger partial charge in [-0.1, -0.05) is 44.2 Å². The molecule has 4 aromatic rings. The highest BCUT2D eigenvalue weighted by Gasteiger charge is 2.44. The Balaban J connectivity index is 0.00000172. The van der Waals surface area contributed by atoms with Crippen molar-refractivity contribution in [3.8, 4) is 0 Å². The summed E-state index contributed by atoms with van der Waals surface area (Å²) in [5.41, 5.74) is 0.782. The van der Waals surface area contributed by atoms with Gasteiger partial charge in [0.1, 0.15) is 17.2 Å². The number of aromatic nitrogens is 4. The molecule has 204 valence electrons. The van der Waals surface area contributed by atoms with Crippen molar-refractivity contribution >= 4 is 29.2 Å². The number of amides is 1. The smallest absolute Gasteiger partial charge is 0.333 e. The van der Waals surface area contributed by atoms with E-state index in [4.69, 9.17) is 4.74 Å². The zero-order chi connectivity index (χ0) is 28.1. The van der Waals surface area contributed by atoms with Crippen molar-refractivity contribution in [2.45, 2.75) is 39.8 Å². The molecule has 0 saturated heterocycles. The Labute approximate surface area is 223 Å². The molecule has 2 atom stereocenters. The molecule has 10 nitrogen and oxygen atoms in total. The SMILES string of the molecule is CC.COC(=O)[C@@H]1C[C@@H]1Cn1c(=O)n(Cc2ccccc2F)c(=O)c2[nH]c(Cc3ccc(NC=O)cc3)nc21. The maximum atomic E-state index is 14.4. The zero-order valence-corrected chi connectivity index (χ0v) is 21.9. The number of hydrogen-bond acceptors (Lipinski definition) is 6. The van der Waals surface area contributed by atoms with E-state index in [9.17, 15) is 23.6 Å². The van der Waals surface area contributed by atoms with Gasteiger partial charge in [-0.05, 0) is 36.1 Å². The Kier molecular flexibility index (Phi) is 8.38. The minimum atomic E-state index is -0.626. The highest BCUT2D eigenvalue weighted by Crippen LogP contribution is 2.40. The van der Waals surface area contributed by atoms with Gasteiger partial charge in [-0.25, -0.2) is 14.2 Å². The molecule has 0 spiro atoms. The van der Waals surface area contributed by atoms with E-state index in [1.165, 1.54) is 29.9 Å². The Hall–Kier alpha value is -4.54. The second-order valence-corrected chi connectivity index (χ2v) is 9.02. The number of benzene rings is 2. The molecule has 2 N–H and O–H groups in total. The molecule has 0 aliphatic heterocycles. The van der Waals surface area contributed by atoms with E-state index in [0.717, 1.165) is 10.1 Å². The van der Waals surface area contributed by atoms with Crippen LogP contribution in [0.4, 0.5) is 10.1 Å². The summed E-state index contributed by atoms with van der Waals surface area (Å²) in [4.78, 5) is 57.0. The first kappa shape index (κ1) is 27.5. The molecule has 0 unspecified atom stereocenters. The standard InChI is InChI=1S/C26H24FN5O5.C2H6/c1-37-25(35)19-11-17(19)13-31-23-22(24(34)32(26(31)36)12-16-4-2-3-5-20(16)27)29-21(30-23)10-15-6-8-18(9-7-15)28-14-33;1-2/h2-9,14,17,19H,10-13H2,1H3,(H,28,33)(H,29,30);1-2H3/t17-,19-;/m1./s1. The van der Waals surface area contributed by atoms with Crippen molar-refractivity contribution in [3.05, 3.63) is 92.1 Å². The van der Waals surface area contributed by atoms with E-state index in [0.29, 0.717) is 30.8 Å². The van der Waals surface area contributed by atoms with Crippen LogP contribution in [0.2, 0.25) is 0 Å². The largest absolute Gasteiger partial charge is 0.469 e. The highest BCUT2D eigenvalue weighted by molar-refractivity contribution is 5.75. The molecule has 39 heavy (non-hydrogen) atoms. The molecule has 5 rings (SSSR count). The van der Waals surface area contributed by atoms with Gasteiger partial charge in [0.15, 0.2) is 5.65 Å². The summed E-state index contributed by atoms with van der Waals surface area (Å²) in [5.74, 6) is -0.864. The summed E-state index contributed by atoms with van der Waals surface area (Å²) >= 11 is 0. The average molecular weight is 536 g/mol. The van der Waals surface area contributed by atoms with Gasteiger partial charge >= 0.3 is 11.7 Å². The van der Waals surface area contributed by atoms with Crippen LogP contribution in [-0.4, -0.2) is 38.6 Å². The van der Waals surface area contributed by atoms with Crippen LogP contribution in [0.5, 0.6) is 0 Å². The number of H-pyrrole nitrogens is 1. The molecule has 2 aromatic heterocycles. The second kappa shape index (κ2) is 11.9. The predicted octanol–water partition coefficient (Wildman–Crippen LogP) is 3.07. The van der Waals surface area contributed by atoms with Crippen molar-refractivity contribution in [1.82, 2.24) is 19.1 Å². The van der Waals surface area contributed by atoms with Gasteiger partial charge in [-0.3, -0.25) is 23.5 Å². The molecule has 2 heterocycles. The van der Waals surface area contributed by atoms with Crippen LogP contribution in [0.3, 0.4) is 0 Å². The topological polar surface area (TPSA) is 128 Å². The van der Waals surface area contributed by atoms with Crippen LogP contribution in [0.15, 0.2) is 58.1 Å². The molecule has 0 radical (unpaired) electrons. The van der Waals surface area contributed by atoms with Gasteiger partial charge in [0.05, 0.1) is 19.6 Å².